The molecule has 1 saturated carbocycles. The molecule has 0 saturated heterocycles. The van der Waals surface area contributed by atoms with Crippen molar-refractivity contribution >= 4 is 22.7 Å². The number of ether oxygens (including phenoxy) is 2. The topological polar surface area (TPSA) is 108 Å². The van der Waals surface area contributed by atoms with Crippen LogP contribution in [0.15, 0.2) is 95.8 Å². The number of benzene rings is 3. The molecule has 3 aromatic carbocycles. The van der Waals surface area contributed by atoms with E-state index in [1.54, 1.807) is 22.2 Å². The van der Waals surface area contributed by atoms with E-state index in [0.29, 0.717) is 36.5 Å². The minimum atomic E-state index is -0.726. The van der Waals surface area contributed by atoms with E-state index in [-0.39, 0.29) is 30.1 Å². The predicted octanol–water partition coefficient (Wildman–Crippen LogP) is 5.94. The number of aromatic nitrogens is 3. The van der Waals surface area contributed by atoms with Crippen molar-refractivity contribution in [2.45, 2.75) is 44.9 Å². The molecule has 1 aliphatic carbocycles. The van der Waals surface area contributed by atoms with E-state index in [4.69, 9.17) is 14.5 Å². The van der Waals surface area contributed by atoms with Gasteiger partial charge < -0.3 is 19.9 Å². The number of carboxylic acid groups (broad SMARTS) is 1. The highest BCUT2D eigenvalue weighted by Crippen LogP contribution is 2.32. The number of anilines is 1. The average Bonchev–Trinajstić information content (AvgIpc) is 3.30. The van der Waals surface area contributed by atoms with Crippen LogP contribution >= 0.6 is 0 Å². The minimum absolute atomic E-state index is 0.132. The fraction of sp³-hybridized carbons (Fsp3) is 0.265. The molecule has 0 bridgehead atoms. The zero-order valence-electron chi connectivity index (χ0n) is 24.0. The maximum Gasteiger partial charge on any atom is 0.333 e. The van der Waals surface area contributed by atoms with Gasteiger partial charge in [0.25, 0.3) is 0 Å². The van der Waals surface area contributed by atoms with Gasteiger partial charge in [0.15, 0.2) is 0 Å². The Kier molecular flexibility index (Phi) is 8.13. The fourth-order valence-electron chi connectivity index (χ4n) is 5.70. The van der Waals surface area contributed by atoms with Crippen molar-refractivity contribution in [3.8, 4) is 17.4 Å². The van der Waals surface area contributed by atoms with E-state index in [0.717, 1.165) is 35.2 Å². The van der Waals surface area contributed by atoms with Crippen molar-refractivity contribution < 1.29 is 19.4 Å². The second-order valence-electron chi connectivity index (χ2n) is 10.9. The first-order chi connectivity index (χ1) is 21.0. The van der Waals surface area contributed by atoms with Crippen LogP contribution in [0.25, 0.3) is 16.7 Å². The molecule has 2 N–H and O–H groups in total. The zero-order chi connectivity index (χ0) is 29.8. The standard InChI is InChI=1S/C34H34N4O5/c1-37-31-27(35-26-17-15-25(16-18-26)33(39)40)13-8-14-28(31)38(34(37)41)29-19-20-30(42-21-23-9-4-2-5-10-23)36-32(29)43-22-24-11-6-3-7-12-24/h2-14,19-20,25-26,35H,15-18,21-22H2,1H3,(H,39,40). The molecule has 0 atom stereocenters. The summed E-state index contributed by atoms with van der Waals surface area (Å²) < 4.78 is 15.5. The van der Waals surface area contributed by atoms with Gasteiger partial charge in [-0.2, -0.15) is 4.98 Å². The summed E-state index contributed by atoms with van der Waals surface area (Å²) in [5, 5.41) is 13.0. The molecule has 2 heterocycles. The SMILES string of the molecule is Cn1c(=O)n(-c2ccc(OCc3ccccc3)nc2OCc2ccccc2)c2cccc(NC3CCC(C(=O)O)CC3)c21. The van der Waals surface area contributed by atoms with Crippen molar-refractivity contribution in [2.24, 2.45) is 13.0 Å². The largest absolute Gasteiger partial charge is 0.481 e. The Balaban J connectivity index is 1.34. The Bertz CT molecular complexity index is 1770. The number of nitrogens with one attached hydrogen (secondary N) is 1. The third kappa shape index (κ3) is 6.11. The van der Waals surface area contributed by atoms with Gasteiger partial charge >= 0.3 is 11.7 Å². The van der Waals surface area contributed by atoms with Crippen LogP contribution in [0.3, 0.4) is 0 Å². The van der Waals surface area contributed by atoms with Crippen molar-refractivity contribution in [2.75, 3.05) is 5.32 Å². The van der Waals surface area contributed by atoms with E-state index in [9.17, 15) is 14.7 Å². The average molecular weight is 579 g/mol. The Morgan fingerprint density at radius 1 is 0.860 bits per heavy atom. The molecule has 0 aliphatic heterocycles. The summed E-state index contributed by atoms with van der Waals surface area (Å²) in [6.07, 6.45) is 2.78. The molecule has 0 radical (unpaired) electrons. The van der Waals surface area contributed by atoms with E-state index in [1.807, 2.05) is 84.9 Å². The van der Waals surface area contributed by atoms with E-state index in [1.165, 1.54) is 0 Å². The Labute approximate surface area is 249 Å². The van der Waals surface area contributed by atoms with Gasteiger partial charge in [-0.3, -0.25) is 13.9 Å². The lowest BCUT2D eigenvalue weighted by molar-refractivity contribution is -0.142. The fourth-order valence-corrected chi connectivity index (χ4v) is 5.70. The molecule has 9 nitrogen and oxygen atoms in total. The third-order valence-electron chi connectivity index (χ3n) is 8.01. The lowest BCUT2D eigenvalue weighted by Crippen LogP contribution is -2.29. The molecular weight excluding hydrogens is 544 g/mol. The minimum Gasteiger partial charge on any atom is -0.481 e. The monoisotopic (exact) mass is 578 g/mol. The Morgan fingerprint density at radius 2 is 1.51 bits per heavy atom. The summed E-state index contributed by atoms with van der Waals surface area (Å²) in [7, 11) is 1.75. The summed E-state index contributed by atoms with van der Waals surface area (Å²) in [4.78, 5) is 29.9. The molecule has 0 spiro atoms. The van der Waals surface area contributed by atoms with Crippen LogP contribution in [-0.2, 0) is 25.1 Å². The number of aryl methyl sites for hydroxylation is 1. The highest BCUT2D eigenvalue weighted by Gasteiger charge is 2.27. The smallest absolute Gasteiger partial charge is 0.333 e. The van der Waals surface area contributed by atoms with Crippen LogP contribution in [0.4, 0.5) is 5.69 Å². The number of hydrogen-bond donors (Lipinski definition) is 2. The normalized spacial score (nSPS) is 16.6. The van der Waals surface area contributed by atoms with Crippen LogP contribution in [-0.4, -0.2) is 31.2 Å². The van der Waals surface area contributed by atoms with Crippen molar-refractivity contribution in [3.63, 3.8) is 0 Å². The Morgan fingerprint density at radius 3 is 2.16 bits per heavy atom. The first-order valence-corrected chi connectivity index (χ1v) is 14.5. The van der Waals surface area contributed by atoms with Crippen LogP contribution in [0.5, 0.6) is 11.8 Å². The predicted molar refractivity (Wildman–Crippen MR) is 165 cm³/mol. The second-order valence-corrected chi connectivity index (χ2v) is 10.9. The summed E-state index contributed by atoms with van der Waals surface area (Å²) >= 11 is 0. The van der Waals surface area contributed by atoms with Crippen LogP contribution < -0.4 is 20.5 Å². The molecule has 1 fully saturated rings. The van der Waals surface area contributed by atoms with Crippen molar-refractivity contribution in [1.82, 2.24) is 14.1 Å². The van der Waals surface area contributed by atoms with E-state index in [2.05, 4.69) is 5.32 Å². The van der Waals surface area contributed by atoms with Crippen molar-refractivity contribution in [3.05, 3.63) is 113 Å². The van der Waals surface area contributed by atoms with Crippen LogP contribution in [0.1, 0.15) is 36.8 Å². The van der Waals surface area contributed by atoms with Gasteiger partial charge in [0.2, 0.25) is 11.8 Å². The van der Waals surface area contributed by atoms with Gasteiger partial charge in [-0.05, 0) is 55.0 Å². The number of rotatable bonds is 10. The lowest BCUT2D eigenvalue weighted by Gasteiger charge is -2.28. The summed E-state index contributed by atoms with van der Waals surface area (Å²) in [6, 6.07) is 29.1. The molecule has 6 rings (SSSR count). The molecule has 220 valence electrons. The zero-order valence-corrected chi connectivity index (χ0v) is 24.0. The number of pyridine rings is 1. The summed E-state index contributed by atoms with van der Waals surface area (Å²) in [6.45, 7) is 0.622. The highest BCUT2D eigenvalue weighted by atomic mass is 16.5. The summed E-state index contributed by atoms with van der Waals surface area (Å²) in [5.41, 5.74) is 4.56. The first-order valence-electron chi connectivity index (χ1n) is 14.5. The molecule has 5 aromatic rings. The molecule has 43 heavy (non-hydrogen) atoms. The molecule has 0 unspecified atom stereocenters. The summed E-state index contributed by atoms with van der Waals surface area (Å²) in [5.74, 6) is -0.339. The number of carbonyl (C=O) groups is 1. The molecule has 1 aliphatic rings. The maximum absolute atomic E-state index is 13.8. The van der Waals surface area contributed by atoms with Gasteiger partial charge in [0.1, 0.15) is 18.9 Å². The van der Waals surface area contributed by atoms with E-state index >= 15 is 0 Å². The maximum atomic E-state index is 13.8. The number of hydrogen-bond acceptors (Lipinski definition) is 6. The quantitative estimate of drug-likeness (QED) is 0.211. The van der Waals surface area contributed by atoms with E-state index < -0.39 is 5.97 Å². The van der Waals surface area contributed by atoms with Gasteiger partial charge in [0.05, 0.1) is 22.6 Å². The highest BCUT2D eigenvalue weighted by molar-refractivity contribution is 5.90. The molecule has 2 aromatic heterocycles. The number of nitrogens with zero attached hydrogens (tertiary/aromatic N) is 3. The Hall–Kier alpha value is -5.05. The van der Waals surface area contributed by atoms with Gasteiger partial charge in [0, 0.05) is 19.2 Å². The molecule has 9 heteroatoms. The van der Waals surface area contributed by atoms with Crippen LogP contribution in [0.2, 0.25) is 0 Å². The molecule has 0 amide bonds. The van der Waals surface area contributed by atoms with Gasteiger partial charge in [-0.1, -0.05) is 66.7 Å². The number of para-hydroxylation sites is 1. The van der Waals surface area contributed by atoms with Crippen molar-refractivity contribution in [1.29, 1.82) is 0 Å². The van der Waals surface area contributed by atoms with Gasteiger partial charge in [-0.25, -0.2) is 4.79 Å². The number of aliphatic carboxylic acids is 1. The first kappa shape index (κ1) is 28.1. The third-order valence-corrected chi connectivity index (χ3v) is 8.01. The van der Waals surface area contributed by atoms with Crippen LogP contribution in [0, 0.1) is 5.92 Å². The lowest BCUT2D eigenvalue weighted by atomic mass is 9.86. The number of imidazole rings is 1. The van der Waals surface area contributed by atoms with Gasteiger partial charge in [-0.15, -0.1) is 0 Å². The number of fused-ring (bicyclic) bond motifs is 1. The second kappa shape index (κ2) is 12.4. The molecular formula is C34H34N4O5. The number of carboxylic acids is 1.